The number of halogens is 3. The van der Waals surface area contributed by atoms with Crippen LogP contribution in [0, 0.1) is 12.8 Å². The van der Waals surface area contributed by atoms with Crippen molar-refractivity contribution in [3.8, 4) is 0 Å². The van der Waals surface area contributed by atoms with Crippen LogP contribution in [-0.4, -0.2) is 58.1 Å². The molecule has 2 aromatic rings. The van der Waals surface area contributed by atoms with Crippen LogP contribution in [0.2, 0.25) is 0 Å². The van der Waals surface area contributed by atoms with Gasteiger partial charge in [0.2, 0.25) is 0 Å². The molecule has 170 valence electrons. The monoisotopic (exact) mass is 440 g/mol. The first kappa shape index (κ1) is 21.9. The minimum atomic E-state index is -4.13. The Morgan fingerprint density at radius 2 is 2.00 bits per heavy atom. The highest BCUT2D eigenvalue weighted by Gasteiger charge is 2.42. The summed E-state index contributed by atoms with van der Waals surface area (Å²) in [6, 6.07) is 3.74. The van der Waals surface area contributed by atoms with Gasteiger partial charge in [-0.2, -0.15) is 18.3 Å². The largest absolute Gasteiger partial charge is 0.450 e. The Kier molecular flexibility index (Phi) is 6.09. The number of hydrogen-bond acceptors (Lipinski definition) is 5. The number of carbonyl (C=O) groups excluding carboxylic acids is 1. The van der Waals surface area contributed by atoms with Crippen LogP contribution in [0.25, 0.3) is 5.65 Å². The van der Waals surface area contributed by atoms with E-state index in [0.29, 0.717) is 44.8 Å². The third-order valence-electron chi connectivity index (χ3n) is 6.13. The maximum absolute atomic E-state index is 13.0. The van der Waals surface area contributed by atoms with Gasteiger partial charge in [0.1, 0.15) is 6.10 Å². The highest BCUT2D eigenvalue weighted by molar-refractivity contribution is 5.67. The first-order valence-corrected chi connectivity index (χ1v) is 10.7. The van der Waals surface area contributed by atoms with E-state index in [1.165, 1.54) is 0 Å². The number of morpholine rings is 1. The molecule has 0 unspecified atom stereocenters. The normalized spacial score (nSPS) is 25.1. The highest BCUT2D eigenvalue weighted by atomic mass is 19.4. The molecule has 3 heterocycles. The number of fused-ring (bicyclic) bond motifs is 1. The number of ether oxygens (including phenoxy) is 2. The summed E-state index contributed by atoms with van der Waals surface area (Å²) in [5.74, 6) is -1.24. The maximum atomic E-state index is 13.0. The van der Waals surface area contributed by atoms with Crippen molar-refractivity contribution in [2.75, 3.05) is 26.3 Å². The predicted octanol–water partition coefficient (Wildman–Crippen LogP) is 4.40. The molecule has 7 nitrogen and oxygen atoms in total. The molecule has 2 aliphatic rings. The lowest BCUT2D eigenvalue weighted by Crippen LogP contribution is -2.43. The van der Waals surface area contributed by atoms with Crippen molar-refractivity contribution >= 4 is 11.7 Å². The van der Waals surface area contributed by atoms with Gasteiger partial charge < -0.3 is 14.4 Å². The van der Waals surface area contributed by atoms with Gasteiger partial charge in [-0.15, -0.1) is 0 Å². The minimum Gasteiger partial charge on any atom is -0.450 e. The third-order valence-corrected chi connectivity index (χ3v) is 6.13. The second-order valence-corrected chi connectivity index (χ2v) is 8.26. The Hall–Kier alpha value is -2.36. The maximum Gasteiger partial charge on any atom is 0.409 e. The second kappa shape index (κ2) is 8.64. The first-order chi connectivity index (χ1) is 14.8. The van der Waals surface area contributed by atoms with Crippen molar-refractivity contribution in [3.63, 3.8) is 0 Å². The molecular weight excluding hydrogens is 413 g/mol. The summed E-state index contributed by atoms with van der Waals surface area (Å²) in [6.07, 6.45) is -3.73. The van der Waals surface area contributed by atoms with Crippen molar-refractivity contribution in [1.82, 2.24) is 19.5 Å². The van der Waals surface area contributed by atoms with E-state index in [4.69, 9.17) is 14.6 Å². The molecule has 1 amide bonds. The Morgan fingerprint density at radius 1 is 1.26 bits per heavy atom. The van der Waals surface area contributed by atoms with Crippen molar-refractivity contribution in [3.05, 3.63) is 29.2 Å². The molecule has 1 atom stereocenters. The fourth-order valence-electron chi connectivity index (χ4n) is 4.50. The van der Waals surface area contributed by atoms with Crippen molar-refractivity contribution in [1.29, 1.82) is 0 Å². The van der Waals surface area contributed by atoms with E-state index in [-0.39, 0.29) is 24.9 Å². The summed E-state index contributed by atoms with van der Waals surface area (Å²) < 4.78 is 51.7. The van der Waals surface area contributed by atoms with Crippen LogP contribution in [0.5, 0.6) is 0 Å². The van der Waals surface area contributed by atoms with Gasteiger partial charge >= 0.3 is 12.3 Å². The molecule has 4 rings (SSSR count). The standard InChI is InChI=1S/C21H27F3N4O3/c1-3-30-20(29)27-8-9-31-18(12-27)17-10-13(2)25-19-11-16(26-28(17)19)14-4-6-15(7-5-14)21(22,23)24/h10-11,14-15,18H,3-9,12H2,1-2H3/t14?,15?,18-/m1/s1. The van der Waals surface area contributed by atoms with Gasteiger partial charge in [0.05, 0.1) is 37.1 Å². The van der Waals surface area contributed by atoms with Gasteiger partial charge in [0, 0.05) is 24.2 Å². The van der Waals surface area contributed by atoms with Crippen molar-refractivity contribution in [2.24, 2.45) is 5.92 Å². The lowest BCUT2D eigenvalue weighted by molar-refractivity contribution is -0.182. The molecule has 1 aliphatic carbocycles. The molecule has 0 spiro atoms. The van der Waals surface area contributed by atoms with Crippen LogP contribution in [-0.2, 0) is 9.47 Å². The summed E-state index contributed by atoms with van der Waals surface area (Å²) in [4.78, 5) is 18.3. The lowest BCUT2D eigenvalue weighted by atomic mass is 9.80. The number of hydrogen-bond donors (Lipinski definition) is 0. The number of alkyl halides is 3. The molecule has 0 radical (unpaired) electrons. The average Bonchev–Trinajstić information content (AvgIpc) is 3.17. The SMILES string of the molecule is CCOC(=O)N1CCO[C@@H](c2cc(C)nc3cc(C4CCC(C(F)(F)F)CC4)nn23)C1. The van der Waals surface area contributed by atoms with Gasteiger partial charge in [-0.25, -0.2) is 14.3 Å². The van der Waals surface area contributed by atoms with E-state index in [0.717, 1.165) is 17.1 Å². The zero-order chi connectivity index (χ0) is 22.2. The van der Waals surface area contributed by atoms with E-state index in [2.05, 4.69) is 4.98 Å². The fourth-order valence-corrected chi connectivity index (χ4v) is 4.50. The van der Waals surface area contributed by atoms with Crippen molar-refractivity contribution < 1.29 is 27.4 Å². The Bertz CT molecular complexity index is 938. The molecule has 2 aromatic heterocycles. The summed E-state index contributed by atoms with van der Waals surface area (Å²) in [7, 11) is 0. The molecule has 0 N–H and O–H groups in total. The number of aromatic nitrogens is 3. The van der Waals surface area contributed by atoms with Crippen LogP contribution < -0.4 is 0 Å². The number of nitrogens with zero attached hydrogens (tertiary/aromatic N) is 4. The van der Waals surface area contributed by atoms with Crippen LogP contribution >= 0.6 is 0 Å². The van der Waals surface area contributed by atoms with E-state index < -0.39 is 18.2 Å². The highest BCUT2D eigenvalue weighted by Crippen LogP contribution is 2.42. The summed E-state index contributed by atoms with van der Waals surface area (Å²) in [5.41, 5.74) is 2.95. The Balaban J connectivity index is 1.57. The van der Waals surface area contributed by atoms with Crippen LogP contribution in [0.15, 0.2) is 12.1 Å². The van der Waals surface area contributed by atoms with Gasteiger partial charge in [0.15, 0.2) is 5.65 Å². The smallest absolute Gasteiger partial charge is 0.409 e. The molecule has 31 heavy (non-hydrogen) atoms. The summed E-state index contributed by atoms with van der Waals surface area (Å²) >= 11 is 0. The zero-order valence-corrected chi connectivity index (χ0v) is 17.7. The Labute approximate surface area is 178 Å². The molecule has 1 aliphatic heterocycles. The van der Waals surface area contributed by atoms with E-state index in [1.54, 1.807) is 16.3 Å². The molecular formula is C21H27F3N4O3. The quantitative estimate of drug-likeness (QED) is 0.708. The summed E-state index contributed by atoms with van der Waals surface area (Å²) in [5, 5.41) is 4.70. The third kappa shape index (κ3) is 4.63. The van der Waals surface area contributed by atoms with Gasteiger partial charge in [0.25, 0.3) is 0 Å². The zero-order valence-electron chi connectivity index (χ0n) is 17.7. The number of carbonyl (C=O) groups is 1. The van der Waals surface area contributed by atoms with E-state index >= 15 is 0 Å². The number of aryl methyl sites for hydroxylation is 1. The first-order valence-electron chi connectivity index (χ1n) is 10.7. The van der Waals surface area contributed by atoms with E-state index in [1.807, 2.05) is 19.1 Å². The molecule has 1 saturated carbocycles. The number of amides is 1. The molecule has 0 bridgehead atoms. The van der Waals surface area contributed by atoms with Gasteiger partial charge in [-0.3, -0.25) is 0 Å². The number of rotatable bonds is 3. The lowest BCUT2D eigenvalue weighted by Gasteiger charge is -2.32. The van der Waals surface area contributed by atoms with Crippen LogP contribution in [0.3, 0.4) is 0 Å². The fraction of sp³-hybridized carbons (Fsp3) is 0.667. The summed E-state index contributed by atoms with van der Waals surface area (Å²) in [6.45, 7) is 5.11. The van der Waals surface area contributed by atoms with Gasteiger partial charge in [-0.05, 0) is 45.6 Å². The van der Waals surface area contributed by atoms with Crippen LogP contribution in [0.1, 0.15) is 61.7 Å². The molecule has 0 aromatic carbocycles. The topological polar surface area (TPSA) is 69.0 Å². The van der Waals surface area contributed by atoms with Gasteiger partial charge in [-0.1, -0.05) is 0 Å². The minimum absolute atomic E-state index is 0.0169. The second-order valence-electron chi connectivity index (χ2n) is 8.26. The van der Waals surface area contributed by atoms with Crippen molar-refractivity contribution in [2.45, 2.75) is 57.7 Å². The Morgan fingerprint density at radius 3 is 2.68 bits per heavy atom. The molecule has 10 heteroatoms. The van der Waals surface area contributed by atoms with Crippen LogP contribution in [0.4, 0.5) is 18.0 Å². The van der Waals surface area contributed by atoms with E-state index in [9.17, 15) is 18.0 Å². The molecule has 1 saturated heterocycles. The molecule has 2 fully saturated rings. The predicted molar refractivity (Wildman–Crippen MR) is 106 cm³/mol. The average molecular weight is 440 g/mol.